The molecule has 0 N–H and O–H groups in total. The number of aromatic nitrogens is 2. The molecule has 0 atom stereocenters. The van der Waals surface area contributed by atoms with Crippen molar-refractivity contribution < 1.29 is 9.18 Å². The third-order valence-electron chi connectivity index (χ3n) is 3.12. The normalized spacial score (nSPS) is 10.7. The lowest BCUT2D eigenvalue weighted by molar-refractivity contribution is 0.103. The number of rotatable bonds is 2. The molecule has 3 aromatic rings. The smallest absolute Gasteiger partial charge is 0.213 e. The number of aryl methyl sites for hydroxylation is 1. The lowest BCUT2D eigenvalue weighted by Crippen LogP contribution is -2.06. The summed E-state index contributed by atoms with van der Waals surface area (Å²) in [5.74, 6) is -0.862. The van der Waals surface area contributed by atoms with Gasteiger partial charge in [-0.05, 0) is 30.7 Å². The van der Waals surface area contributed by atoms with Crippen molar-refractivity contribution in [3.8, 4) is 0 Å². The first-order chi connectivity index (χ1) is 9.65. The van der Waals surface area contributed by atoms with E-state index in [0.717, 1.165) is 22.7 Å². The van der Waals surface area contributed by atoms with Gasteiger partial charge in [0.05, 0.1) is 11.7 Å². The highest BCUT2D eigenvalue weighted by Gasteiger charge is 2.13. The highest BCUT2D eigenvalue weighted by molar-refractivity contribution is 6.08. The van der Waals surface area contributed by atoms with Gasteiger partial charge in [-0.3, -0.25) is 9.78 Å². The van der Waals surface area contributed by atoms with E-state index in [2.05, 4.69) is 9.97 Å². The van der Waals surface area contributed by atoms with Crippen LogP contribution < -0.4 is 0 Å². The van der Waals surface area contributed by atoms with Gasteiger partial charge in [0.25, 0.3) is 0 Å². The van der Waals surface area contributed by atoms with E-state index >= 15 is 0 Å². The molecule has 0 saturated heterocycles. The fraction of sp³-hybridized carbons (Fsp3) is 0.0625. The number of nitrogens with zero attached hydrogens (tertiary/aromatic N) is 2. The fourth-order valence-electron chi connectivity index (χ4n) is 2.15. The van der Waals surface area contributed by atoms with Gasteiger partial charge in [0.15, 0.2) is 0 Å². The van der Waals surface area contributed by atoms with Crippen molar-refractivity contribution in [2.75, 3.05) is 0 Å². The summed E-state index contributed by atoms with van der Waals surface area (Å²) in [6.07, 6.45) is 2.41. The molecule has 0 aliphatic carbocycles. The number of halogens is 1. The molecular weight excluding hydrogens is 255 g/mol. The maximum atomic E-state index is 13.1. The van der Waals surface area contributed by atoms with Crippen LogP contribution in [0.25, 0.3) is 10.9 Å². The lowest BCUT2D eigenvalue weighted by atomic mass is 10.0. The third kappa shape index (κ3) is 2.16. The summed E-state index contributed by atoms with van der Waals surface area (Å²) in [6, 6.07) is 10.5. The van der Waals surface area contributed by atoms with E-state index in [-0.39, 0.29) is 11.3 Å². The Morgan fingerprint density at radius 2 is 1.95 bits per heavy atom. The van der Waals surface area contributed by atoms with Gasteiger partial charge in [-0.2, -0.15) is 0 Å². The molecule has 4 heteroatoms. The van der Waals surface area contributed by atoms with Crippen LogP contribution in [0.15, 0.2) is 48.8 Å². The first kappa shape index (κ1) is 12.4. The summed E-state index contributed by atoms with van der Waals surface area (Å²) in [5.41, 5.74) is 2.21. The molecule has 0 bridgehead atoms. The number of benzene rings is 1. The van der Waals surface area contributed by atoms with Gasteiger partial charge in [-0.25, -0.2) is 9.37 Å². The summed E-state index contributed by atoms with van der Waals surface area (Å²) in [5, 5.41) is 1.00. The summed E-state index contributed by atoms with van der Waals surface area (Å²) < 4.78 is 13.1. The number of ketones is 1. The molecular formula is C16H11FN2O. The third-order valence-corrected chi connectivity index (χ3v) is 3.12. The Morgan fingerprint density at radius 1 is 1.15 bits per heavy atom. The van der Waals surface area contributed by atoms with Crippen LogP contribution in [0.5, 0.6) is 0 Å². The molecule has 2 heterocycles. The van der Waals surface area contributed by atoms with Crippen LogP contribution in [0, 0.1) is 12.7 Å². The van der Waals surface area contributed by atoms with Crippen molar-refractivity contribution in [3.63, 3.8) is 0 Å². The monoisotopic (exact) mass is 266 g/mol. The first-order valence-corrected chi connectivity index (χ1v) is 6.17. The van der Waals surface area contributed by atoms with E-state index in [1.54, 1.807) is 6.07 Å². The van der Waals surface area contributed by atoms with Gasteiger partial charge in [-0.15, -0.1) is 0 Å². The minimum Gasteiger partial charge on any atom is -0.287 e. The van der Waals surface area contributed by atoms with Crippen LogP contribution in [0.2, 0.25) is 0 Å². The highest BCUT2D eigenvalue weighted by atomic mass is 19.1. The van der Waals surface area contributed by atoms with Gasteiger partial charge < -0.3 is 0 Å². The Morgan fingerprint density at radius 3 is 2.75 bits per heavy atom. The van der Waals surface area contributed by atoms with Crippen LogP contribution in [0.1, 0.15) is 21.6 Å². The fourth-order valence-corrected chi connectivity index (χ4v) is 2.15. The summed E-state index contributed by atoms with van der Waals surface area (Å²) >= 11 is 0. The van der Waals surface area contributed by atoms with Gasteiger partial charge in [-0.1, -0.05) is 18.2 Å². The van der Waals surface area contributed by atoms with Crippen molar-refractivity contribution >= 4 is 16.7 Å². The van der Waals surface area contributed by atoms with Gasteiger partial charge in [0.1, 0.15) is 11.5 Å². The predicted octanol–water partition coefficient (Wildman–Crippen LogP) is 3.31. The second-order valence-corrected chi connectivity index (χ2v) is 4.56. The van der Waals surface area contributed by atoms with Crippen molar-refractivity contribution in [3.05, 3.63) is 71.4 Å². The van der Waals surface area contributed by atoms with Gasteiger partial charge in [0, 0.05) is 17.1 Å². The number of para-hydroxylation sites is 1. The molecule has 0 saturated carbocycles. The zero-order valence-electron chi connectivity index (χ0n) is 10.8. The van der Waals surface area contributed by atoms with Crippen molar-refractivity contribution in [2.24, 2.45) is 0 Å². The van der Waals surface area contributed by atoms with Gasteiger partial charge >= 0.3 is 0 Å². The van der Waals surface area contributed by atoms with Crippen molar-refractivity contribution in [1.29, 1.82) is 0 Å². The number of hydrogen-bond donors (Lipinski definition) is 0. The lowest BCUT2D eigenvalue weighted by Gasteiger charge is -2.05. The van der Waals surface area contributed by atoms with Crippen LogP contribution in [0.3, 0.4) is 0 Å². The molecule has 0 spiro atoms. The molecule has 0 aliphatic heterocycles. The molecule has 0 fully saturated rings. The average molecular weight is 266 g/mol. The molecule has 0 aliphatic rings. The van der Waals surface area contributed by atoms with E-state index in [9.17, 15) is 9.18 Å². The Kier molecular flexibility index (Phi) is 2.99. The summed E-state index contributed by atoms with van der Waals surface area (Å²) in [4.78, 5) is 20.4. The van der Waals surface area contributed by atoms with E-state index in [1.165, 1.54) is 12.3 Å². The number of pyridine rings is 2. The molecule has 0 radical (unpaired) electrons. The van der Waals surface area contributed by atoms with Crippen LogP contribution in [-0.2, 0) is 0 Å². The second kappa shape index (κ2) is 4.81. The van der Waals surface area contributed by atoms with Crippen molar-refractivity contribution in [2.45, 2.75) is 6.92 Å². The van der Waals surface area contributed by atoms with Crippen LogP contribution in [0.4, 0.5) is 4.39 Å². The maximum absolute atomic E-state index is 13.1. The van der Waals surface area contributed by atoms with E-state index in [4.69, 9.17) is 0 Å². The Hall–Kier alpha value is -2.62. The van der Waals surface area contributed by atoms with E-state index in [0.29, 0.717) is 5.69 Å². The Bertz CT molecular complexity index is 814. The maximum Gasteiger partial charge on any atom is 0.213 e. The molecule has 3 rings (SSSR count). The van der Waals surface area contributed by atoms with Crippen LogP contribution in [-0.4, -0.2) is 15.8 Å². The SMILES string of the molecule is Cc1cc(C(=O)c2cncc(F)c2)nc2ccccc12. The largest absolute Gasteiger partial charge is 0.287 e. The van der Waals surface area contributed by atoms with E-state index in [1.807, 2.05) is 31.2 Å². The molecule has 3 nitrogen and oxygen atoms in total. The van der Waals surface area contributed by atoms with Crippen molar-refractivity contribution in [1.82, 2.24) is 9.97 Å². The molecule has 0 amide bonds. The standard InChI is InChI=1S/C16H11FN2O/c1-10-6-15(19-14-5-3-2-4-13(10)14)16(20)11-7-12(17)9-18-8-11/h2-9H,1H3. The van der Waals surface area contributed by atoms with E-state index < -0.39 is 5.82 Å². The molecule has 98 valence electrons. The first-order valence-electron chi connectivity index (χ1n) is 6.17. The number of carbonyl (C=O) groups excluding carboxylic acids is 1. The van der Waals surface area contributed by atoms with Crippen LogP contribution >= 0.6 is 0 Å². The van der Waals surface area contributed by atoms with Gasteiger partial charge in [0.2, 0.25) is 5.78 Å². The summed E-state index contributed by atoms with van der Waals surface area (Å²) in [6.45, 7) is 1.92. The number of carbonyl (C=O) groups is 1. The topological polar surface area (TPSA) is 42.9 Å². The molecule has 1 aromatic carbocycles. The minimum atomic E-state index is -0.534. The zero-order chi connectivity index (χ0) is 14.1. The quantitative estimate of drug-likeness (QED) is 0.668. The number of hydrogen-bond acceptors (Lipinski definition) is 3. The zero-order valence-corrected chi connectivity index (χ0v) is 10.8. The molecule has 20 heavy (non-hydrogen) atoms. The Labute approximate surface area is 115 Å². The second-order valence-electron chi connectivity index (χ2n) is 4.56. The Balaban J connectivity index is 2.12. The molecule has 2 aromatic heterocycles. The predicted molar refractivity (Wildman–Crippen MR) is 74.1 cm³/mol. The average Bonchev–Trinajstić information content (AvgIpc) is 2.46. The number of fused-ring (bicyclic) bond motifs is 1. The highest BCUT2D eigenvalue weighted by Crippen LogP contribution is 2.19. The minimum absolute atomic E-state index is 0.201. The molecule has 0 unspecified atom stereocenters. The summed E-state index contributed by atoms with van der Waals surface area (Å²) in [7, 11) is 0.